The molecule has 2 saturated heterocycles. The largest absolute Gasteiger partial charge is 0.493 e. The van der Waals surface area contributed by atoms with Gasteiger partial charge in [-0.15, -0.1) is 0 Å². The summed E-state index contributed by atoms with van der Waals surface area (Å²) in [5.74, 6) is 1.35. The van der Waals surface area contributed by atoms with E-state index in [9.17, 15) is 4.79 Å². The molecule has 0 bridgehead atoms. The van der Waals surface area contributed by atoms with Crippen LogP contribution in [0.5, 0.6) is 5.75 Å². The predicted octanol–water partition coefficient (Wildman–Crippen LogP) is 3.54. The summed E-state index contributed by atoms with van der Waals surface area (Å²) in [6, 6.07) is 12.8. The van der Waals surface area contributed by atoms with E-state index in [0.717, 1.165) is 38.2 Å². The van der Waals surface area contributed by atoms with Gasteiger partial charge in [-0.2, -0.15) is 0 Å². The zero-order valence-corrected chi connectivity index (χ0v) is 19.4. The van der Waals surface area contributed by atoms with Gasteiger partial charge in [0, 0.05) is 44.0 Å². The van der Waals surface area contributed by atoms with E-state index in [1.165, 1.54) is 31.5 Å². The highest BCUT2D eigenvalue weighted by Gasteiger charge is 2.25. The Morgan fingerprint density at radius 3 is 2.78 bits per heavy atom. The normalized spacial score (nSPS) is 20.5. The quantitative estimate of drug-likeness (QED) is 0.665. The molecule has 6 heteroatoms. The molecule has 0 aliphatic carbocycles. The molecule has 1 amide bonds. The molecule has 2 aliphatic rings. The summed E-state index contributed by atoms with van der Waals surface area (Å²) in [6.07, 6.45) is 7.93. The molecule has 0 saturated carbocycles. The number of carbonyl (C=O) groups is 1. The Bertz CT molecular complexity index is 867. The van der Waals surface area contributed by atoms with E-state index >= 15 is 0 Å². The molecule has 1 unspecified atom stereocenters. The van der Waals surface area contributed by atoms with Crippen LogP contribution in [-0.2, 0) is 6.54 Å². The fraction of sp³-hybridized carbons (Fsp3) is 0.538. The smallest absolute Gasteiger partial charge is 0.255 e. The molecule has 2 aromatic rings. The first-order valence-corrected chi connectivity index (χ1v) is 11.9. The van der Waals surface area contributed by atoms with E-state index in [4.69, 9.17) is 4.74 Å². The van der Waals surface area contributed by atoms with Crippen molar-refractivity contribution in [3.63, 3.8) is 0 Å². The number of amides is 1. The third-order valence-electron chi connectivity index (χ3n) is 6.84. The van der Waals surface area contributed by atoms with Crippen LogP contribution in [-0.4, -0.2) is 78.5 Å². The summed E-state index contributed by atoms with van der Waals surface area (Å²) in [6.45, 7) is 5.50. The summed E-state index contributed by atoms with van der Waals surface area (Å²) in [7, 11) is 4.44. The molecule has 0 spiro atoms. The molecule has 3 heterocycles. The van der Waals surface area contributed by atoms with E-state index < -0.39 is 0 Å². The average Bonchev–Trinajstić information content (AvgIpc) is 2.83. The number of hydrogen-bond acceptors (Lipinski definition) is 5. The van der Waals surface area contributed by atoms with Gasteiger partial charge in [-0.05, 0) is 82.7 Å². The minimum Gasteiger partial charge on any atom is -0.493 e. The van der Waals surface area contributed by atoms with Gasteiger partial charge in [0.2, 0.25) is 0 Å². The molecule has 4 rings (SSSR count). The highest BCUT2D eigenvalue weighted by atomic mass is 16.5. The van der Waals surface area contributed by atoms with Crippen LogP contribution in [0.3, 0.4) is 0 Å². The first-order chi connectivity index (χ1) is 15.6. The van der Waals surface area contributed by atoms with Gasteiger partial charge < -0.3 is 14.5 Å². The second-order valence-electron chi connectivity index (χ2n) is 9.41. The minimum atomic E-state index is 0.0711. The lowest BCUT2D eigenvalue weighted by atomic mass is 9.98. The van der Waals surface area contributed by atoms with E-state index in [-0.39, 0.29) is 5.91 Å². The van der Waals surface area contributed by atoms with E-state index in [0.29, 0.717) is 24.1 Å². The zero-order chi connectivity index (χ0) is 22.3. The highest BCUT2D eigenvalue weighted by Crippen LogP contribution is 2.22. The molecule has 32 heavy (non-hydrogen) atoms. The Hall–Kier alpha value is -2.44. The summed E-state index contributed by atoms with van der Waals surface area (Å²) >= 11 is 0. The molecule has 2 fully saturated rings. The Labute approximate surface area is 192 Å². The van der Waals surface area contributed by atoms with Crippen LogP contribution in [0.15, 0.2) is 48.8 Å². The van der Waals surface area contributed by atoms with Crippen LogP contribution in [0.25, 0.3) is 0 Å². The molecule has 172 valence electrons. The monoisotopic (exact) mass is 436 g/mol. The van der Waals surface area contributed by atoms with Gasteiger partial charge in [0.05, 0.1) is 12.2 Å². The van der Waals surface area contributed by atoms with Crippen molar-refractivity contribution >= 4 is 5.91 Å². The summed E-state index contributed by atoms with van der Waals surface area (Å²) in [4.78, 5) is 23.7. The topological polar surface area (TPSA) is 48.9 Å². The van der Waals surface area contributed by atoms with Crippen LogP contribution in [0.4, 0.5) is 0 Å². The lowest BCUT2D eigenvalue weighted by Gasteiger charge is -2.35. The molecular formula is C26H36N4O2. The predicted molar refractivity (Wildman–Crippen MR) is 127 cm³/mol. The number of nitrogens with zero attached hydrogens (tertiary/aromatic N) is 4. The summed E-state index contributed by atoms with van der Waals surface area (Å²) < 4.78 is 6.19. The number of piperidine rings is 2. The number of aromatic nitrogens is 1. The third-order valence-corrected chi connectivity index (χ3v) is 6.84. The first kappa shape index (κ1) is 22.7. The third kappa shape index (κ3) is 6.08. The van der Waals surface area contributed by atoms with Gasteiger partial charge in [-0.25, -0.2) is 0 Å². The Morgan fingerprint density at radius 2 is 2.00 bits per heavy atom. The van der Waals surface area contributed by atoms with Crippen molar-refractivity contribution in [1.29, 1.82) is 0 Å². The molecule has 1 atom stereocenters. The number of likely N-dealkylation sites (tertiary alicyclic amines) is 2. The van der Waals surface area contributed by atoms with Crippen LogP contribution >= 0.6 is 0 Å². The van der Waals surface area contributed by atoms with Gasteiger partial charge in [0.1, 0.15) is 5.75 Å². The van der Waals surface area contributed by atoms with Gasteiger partial charge in [0.25, 0.3) is 5.91 Å². The standard InChI is InChI=1S/C26H36N4O2/c1-28-14-10-24(11-15-28)29(2)18-21-6-3-9-25(16-21)32-20-22-7-5-13-30(19-22)26(31)23-8-4-12-27-17-23/h3-4,6,8-9,12,16-17,22,24H,5,7,10-11,13-15,18-20H2,1-2H3. The lowest BCUT2D eigenvalue weighted by Crippen LogP contribution is -2.41. The first-order valence-electron chi connectivity index (χ1n) is 11.9. The van der Waals surface area contributed by atoms with Gasteiger partial charge in [-0.3, -0.25) is 14.7 Å². The maximum Gasteiger partial charge on any atom is 0.255 e. The van der Waals surface area contributed by atoms with E-state index in [1.54, 1.807) is 12.4 Å². The number of rotatable bonds is 7. The number of ether oxygens (including phenoxy) is 1. The van der Waals surface area contributed by atoms with Crippen molar-refractivity contribution in [3.8, 4) is 5.75 Å². The zero-order valence-electron chi connectivity index (χ0n) is 19.4. The second kappa shape index (κ2) is 10.9. The van der Waals surface area contributed by atoms with Crippen molar-refractivity contribution in [2.24, 2.45) is 5.92 Å². The van der Waals surface area contributed by atoms with Crippen molar-refractivity contribution in [2.75, 3.05) is 46.9 Å². The van der Waals surface area contributed by atoms with Crippen LogP contribution < -0.4 is 4.74 Å². The molecule has 1 aromatic carbocycles. The molecule has 0 radical (unpaired) electrons. The minimum absolute atomic E-state index is 0.0711. The number of hydrogen-bond donors (Lipinski definition) is 0. The fourth-order valence-corrected chi connectivity index (χ4v) is 4.86. The number of pyridine rings is 1. The summed E-state index contributed by atoms with van der Waals surface area (Å²) in [5, 5.41) is 0. The van der Waals surface area contributed by atoms with Crippen molar-refractivity contribution in [1.82, 2.24) is 19.7 Å². The number of carbonyl (C=O) groups excluding carboxylic acids is 1. The lowest BCUT2D eigenvalue weighted by molar-refractivity contribution is 0.0633. The van der Waals surface area contributed by atoms with Crippen molar-refractivity contribution in [3.05, 3.63) is 59.9 Å². The Balaban J connectivity index is 1.28. The highest BCUT2D eigenvalue weighted by molar-refractivity contribution is 5.93. The SMILES string of the molecule is CN1CCC(N(C)Cc2cccc(OCC3CCCN(C(=O)c4cccnc4)C3)c2)CC1. The Morgan fingerprint density at radius 1 is 1.16 bits per heavy atom. The van der Waals surface area contributed by atoms with Crippen LogP contribution in [0, 0.1) is 5.92 Å². The molecule has 6 nitrogen and oxygen atoms in total. The fourth-order valence-electron chi connectivity index (χ4n) is 4.86. The van der Waals surface area contributed by atoms with Crippen LogP contribution in [0.1, 0.15) is 41.6 Å². The van der Waals surface area contributed by atoms with Crippen molar-refractivity contribution < 1.29 is 9.53 Å². The second-order valence-corrected chi connectivity index (χ2v) is 9.41. The maximum atomic E-state index is 12.8. The molecule has 2 aliphatic heterocycles. The van der Waals surface area contributed by atoms with E-state index in [1.807, 2.05) is 23.1 Å². The summed E-state index contributed by atoms with van der Waals surface area (Å²) in [5.41, 5.74) is 1.96. The molecular weight excluding hydrogens is 400 g/mol. The molecule has 1 aromatic heterocycles. The van der Waals surface area contributed by atoms with Crippen molar-refractivity contribution in [2.45, 2.75) is 38.3 Å². The maximum absolute atomic E-state index is 12.8. The van der Waals surface area contributed by atoms with E-state index in [2.05, 4.69) is 47.1 Å². The average molecular weight is 437 g/mol. The van der Waals surface area contributed by atoms with Gasteiger partial charge in [0.15, 0.2) is 0 Å². The van der Waals surface area contributed by atoms with Crippen LogP contribution in [0.2, 0.25) is 0 Å². The van der Waals surface area contributed by atoms with Gasteiger partial charge in [-0.1, -0.05) is 12.1 Å². The van der Waals surface area contributed by atoms with Gasteiger partial charge >= 0.3 is 0 Å². The Kier molecular flexibility index (Phi) is 7.76. The number of benzene rings is 1. The molecule has 0 N–H and O–H groups in total.